The molecule has 0 amide bonds. The van der Waals surface area contributed by atoms with Gasteiger partial charge in [0.05, 0.1) is 15.7 Å². The maximum atomic E-state index is 13.1. The molecule has 1 N–H and O–H groups in total. The standard InChI is InChI=1S/C15H17Cl2FN2/c1-4-20-9(2)5-11(10(20)3)8-19-15-13(16)6-12(18)7-14(15)17/h5-7,19H,4,8H2,1-3H3. The normalized spacial score (nSPS) is 10.9. The van der Waals surface area contributed by atoms with E-state index in [4.69, 9.17) is 23.2 Å². The summed E-state index contributed by atoms with van der Waals surface area (Å²) < 4.78 is 15.4. The zero-order chi connectivity index (χ0) is 14.9. The van der Waals surface area contributed by atoms with Gasteiger partial charge in [0.15, 0.2) is 0 Å². The van der Waals surface area contributed by atoms with Crippen molar-refractivity contribution in [1.82, 2.24) is 4.57 Å². The fourth-order valence-electron chi connectivity index (χ4n) is 2.43. The van der Waals surface area contributed by atoms with Crippen molar-refractivity contribution in [2.75, 3.05) is 5.32 Å². The van der Waals surface area contributed by atoms with Gasteiger partial charge in [0.1, 0.15) is 5.82 Å². The Morgan fingerprint density at radius 3 is 2.25 bits per heavy atom. The molecule has 0 fully saturated rings. The van der Waals surface area contributed by atoms with Gasteiger partial charge in [0.25, 0.3) is 0 Å². The topological polar surface area (TPSA) is 17.0 Å². The summed E-state index contributed by atoms with van der Waals surface area (Å²) in [5.74, 6) is -0.435. The van der Waals surface area contributed by atoms with Gasteiger partial charge in [-0.05, 0) is 44.5 Å². The van der Waals surface area contributed by atoms with E-state index in [0.717, 1.165) is 6.54 Å². The Bertz CT molecular complexity index is 612. The van der Waals surface area contributed by atoms with Crippen molar-refractivity contribution in [3.8, 4) is 0 Å². The Balaban J connectivity index is 2.21. The van der Waals surface area contributed by atoms with Crippen LogP contribution >= 0.6 is 23.2 Å². The van der Waals surface area contributed by atoms with Crippen LogP contribution in [0.25, 0.3) is 0 Å². The highest BCUT2D eigenvalue weighted by molar-refractivity contribution is 6.39. The van der Waals surface area contributed by atoms with E-state index in [1.165, 1.54) is 29.1 Å². The van der Waals surface area contributed by atoms with Crippen LogP contribution in [0.3, 0.4) is 0 Å². The lowest BCUT2D eigenvalue weighted by Crippen LogP contribution is -2.04. The molecular formula is C15H17Cl2FN2. The van der Waals surface area contributed by atoms with E-state index in [2.05, 4.69) is 36.7 Å². The van der Waals surface area contributed by atoms with Crippen LogP contribution in [-0.2, 0) is 13.1 Å². The average Bonchev–Trinajstić information content (AvgIpc) is 2.62. The number of hydrogen-bond donors (Lipinski definition) is 1. The van der Waals surface area contributed by atoms with Crippen molar-refractivity contribution in [2.45, 2.75) is 33.9 Å². The second-order valence-corrected chi connectivity index (χ2v) is 5.55. The van der Waals surface area contributed by atoms with E-state index in [1.54, 1.807) is 0 Å². The van der Waals surface area contributed by atoms with Crippen molar-refractivity contribution in [3.63, 3.8) is 0 Å². The second-order valence-electron chi connectivity index (χ2n) is 4.74. The molecule has 0 bridgehead atoms. The third-order valence-electron chi connectivity index (χ3n) is 3.46. The molecule has 1 aromatic heterocycles. The predicted molar refractivity (Wildman–Crippen MR) is 83.3 cm³/mol. The van der Waals surface area contributed by atoms with Crippen LogP contribution in [0.2, 0.25) is 10.0 Å². The third kappa shape index (κ3) is 2.94. The first-order valence-corrected chi connectivity index (χ1v) is 7.23. The first-order chi connectivity index (χ1) is 9.43. The smallest absolute Gasteiger partial charge is 0.126 e. The van der Waals surface area contributed by atoms with Crippen LogP contribution in [0.5, 0.6) is 0 Å². The lowest BCUT2D eigenvalue weighted by molar-refractivity contribution is 0.628. The van der Waals surface area contributed by atoms with E-state index in [1.807, 2.05) is 0 Å². The molecule has 2 rings (SSSR count). The summed E-state index contributed by atoms with van der Waals surface area (Å²) in [6.45, 7) is 7.82. The van der Waals surface area contributed by atoms with Crippen molar-refractivity contribution >= 4 is 28.9 Å². The molecule has 2 aromatic rings. The number of anilines is 1. The lowest BCUT2D eigenvalue weighted by Gasteiger charge is -2.11. The zero-order valence-corrected chi connectivity index (χ0v) is 13.2. The van der Waals surface area contributed by atoms with Gasteiger partial charge in [0.2, 0.25) is 0 Å². The third-order valence-corrected chi connectivity index (χ3v) is 4.05. The van der Waals surface area contributed by atoms with Gasteiger partial charge >= 0.3 is 0 Å². The largest absolute Gasteiger partial charge is 0.378 e. The van der Waals surface area contributed by atoms with Gasteiger partial charge in [-0.15, -0.1) is 0 Å². The van der Waals surface area contributed by atoms with Crippen molar-refractivity contribution in [2.24, 2.45) is 0 Å². The molecule has 0 atom stereocenters. The van der Waals surface area contributed by atoms with E-state index in [-0.39, 0.29) is 0 Å². The maximum Gasteiger partial charge on any atom is 0.126 e. The number of nitrogens with one attached hydrogen (secondary N) is 1. The van der Waals surface area contributed by atoms with Gasteiger partial charge in [-0.3, -0.25) is 0 Å². The van der Waals surface area contributed by atoms with E-state index in [9.17, 15) is 4.39 Å². The molecule has 0 saturated heterocycles. The highest BCUT2D eigenvalue weighted by atomic mass is 35.5. The maximum absolute atomic E-state index is 13.1. The van der Waals surface area contributed by atoms with Crippen molar-refractivity contribution < 1.29 is 4.39 Å². The summed E-state index contributed by atoms with van der Waals surface area (Å²) in [6, 6.07) is 4.65. The summed E-state index contributed by atoms with van der Waals surface area (Å²) in [6.07, 6.45) is 0. The van der Waals surface area contributed by atoms with Gasteiger partial charge in [-0.1, -0.05) is 23.2 Å². The Morgan fingerprint density at radius 1 is 1.15 bits per heavy atom. The average molecular weight is 315 g/mol. The molecule has 0 radical (unpaired) electrons. The van der Waals surface area contributed by atoms with E-state index < -0.39 is 5.82 Å². The molecule has 0 aliphatic rings. The van der Waals surface area contributed by atoms with E-state index >= 15 is 0 Å². The molecule has 0 unspecified atom stereocenters. The minimum Gasteiger partial charge on any atom is -0.378 e. The summed E-state index contributed by atoms with van der Waals surface area (Å²) in [5.41, 5.74) is 4.18. The van der Waals surface area contributed by atoms with Crippen LogP contribution < -0.4 is 5.32 Å². The first kappa shape index (κ1) is 15.2. The molecule has 0 saturated carbocycles. The number of aryl methyl sites for hydroxylation is 1. The molecule has 2 nitrogen and oxygen atoms in total. The molecule has 20 heavy (non-hydrogen) atoms. The van der Waals surface area contributed by atoms with Crippen LogP contribution in [0.15, 0.2) is 18.2 Å². The van der Waals surface area contributed by atoms with Crippen LogP contribution in [0.4, 0.5) is 10.1 Å². The van der Waals surface area contributed by atoms with E-state index in [0.29, 0.717) is 22.3 Å². The molecular weight excluding hydrogens is 298 g/mol. The number of hydrogen-bond acceptors (Lipinski definition) is 1. The van der Waals surface area contributed by atoms with Crippen LogP contribution in [-0.4, -0.2) is 4.57 Å². The highest BCUT2D eigenvalue weighted by Crippen LogP contribution is 2.32. The summed E-state index contributed by atoms with van der Waals surface area (Å²) in [5, 5.41) is 3.77. The number of halogens is 3. The SMILES string of the molecule is CCn1c(C)cc(CNc2c(Cl)cc(F)cc2Cl)c1C. The predicted octanol–water partition coefficient (Wildman–Crippen LogP) is 5.18. The highest BCUT2D eigenvalue weighted by Gasteiger charge is 2.11. The number of rotatable bonds is 4. The Morgan fingerprint density at radius 2 is 1.75 bits per heavy atom. The Kier molecular flexibility index (Phi) is 4.61. The molecule has 108 valence electrons. The number of nitrogens with zero attached hydrogens (tertiary/aromatic N) is 1. The molecule has 1 heterocycles. The Labute approximate surface area is 128 Å². The molecule has 0 spiro atoms. The monoisotopic (exact) mass is 314 g/mol. The molecule has 0 aliphatic heterocycles. The van der Waals surface area contributed by atoms with Crippen LogP contribution in [0, 0.1) is 19.7 Å². The summed E-state index contributed by atoms with van der Waals surface area (Å²) in [4.78, 5) is 0. The fraction of sp³-hybridized carbons (Fsp3) is 0.333. The number of aromatic nitrogens is 1. The molecule has 5 heteroatoms. The lowest BCUT2D eigenvalue weighted by atomic mass is 10.2. The summed E-state index contributed by atoms with van der Waals surface area (Å²) in [7, 11) is 0. The van der Waals surface area contributed by atoms with Gasteiger partial charge in [-0.25, -0.2) is 4.39 Å². The van der Waals surface area contributed by atoms with Gasteiger partial charge in [0, 0.05) is 24.5 Å². The van der Waals surface area contributed by atoms with Crippen molar-refractivity contribution in [3.05, 3.63) is 51.0 Å². The molecule has 1 aromatic carbocycles. The van der Waals surface area contributed by atoms with Gasteiger partial charge in [-0.2, -0.15) is 0 Å². The first-order valence-electron chi connectivity index (χ1n) is 6.48. The summed E-state index contributed by atoms with van der Waals surface area (Å²) >= 11 is 12.0. The minimum atomic E-state index is -0.435. The molecule has 0 aliphatic carbocycles. The number of benzene rings is 1. The van der Waals surface area contributed by atoms with Crippen molar-refractivity contribution in [1.29, 1.82) is 0 Å². The van der Waals surface area contributed by atoms with Gasteiger partial charge < -0.3 is 9.88 Å². The van der Waals surface area contributed by atoms with Crippen LogP contribution in [0.1, 0.15) is 23.9 Å². The second kappa shape index (κ2) is 6.06. The Hall–Kier alpha value is -1.19. The quantitative estimate of drug-likeness (QED) is 0.822. The zero-order valence-electron chi connectivity index (χ0n) is 11.7. The minimum absolute atomic E-state index is 0.291. The fourth-order valence-corrected chi connectivity index (χ4v) is 3.03.